The minimum atomic E-state index is -0.697. The fraction of sp³-hybridized carbons (Fsp3) is 0.750. The van der Waals surface area contributed by atoms with Gasteiger partial charge in [0, 0.05) is 18.3 Å². The average molecular weight is 291 g/mol. The van der Waals surface area contributed by atoms with Crippen LogP contribution in [0.2, 0.25) is 0 Å². The average Bonchev–Trinajstić information content (AvgIpc) is 3.03. The minimum absolute atomic E-state index is 0.208. The lowest BCUT2D eigenvalue weighted by Crippen LogP contribution is -2.55. The van der Waals surface area contributed by atoms with Gasteiger partial charge in [-0.05, 0) is 57.9 Å². The largest absolute Gasteiger partial charge is 0.480 e. The van der Waals surface area contributed by atoms with Gasteiger partial charge < -0.3 is 5.11 Å². The summed E-state index contributed by atoms with van der Waals surface area (Å²) >= 11 is 0. The van der Waals surface area contributed by atoms with Crippen LogP contribution in [0.5, 0.6) is 0 Å². The Labute approximate surface area is 125 Å². The summed E-state index contributed by atoms with van der Waals surface area (Å²) in [7, 11) is 0. The van der Waals surface area contributed by atoms with Gasteiger partial charge in [0.15, 0.2) is 0 Å². The van der Waals surface area contributed by atoms with Gasteiger partial charge in [0.2, 0.25) is 0 Å². The molecule has 2 saturated carbocycles. The highest BCUT2D eigenvalue weighted by atomic mass is 16.4. The molecule has 1 aromatic rings. The molecule has 2 N–H and O–H groups in total. The molecule has 2 aliphatic carbocycles. The fourth-order valence-electron chi connectivity index (χ4n) is 3.77. The third kappa shape index (κ3) is 2.84. The Morgan fingerprint density at radius 2 is 2.24 bits per heavy atom. The first kappa shape index (κ1) is 14.6. The van der Waals surface area contributed by atoms with Gasteiger partial charge in [-0.1, -0.05) is 6.42 Å². The lowest BCUT2D eigenvalue weighted by atomic mass is 9.84. The van der Waals surface area contributed by atoms with Gasteiger partial charge in [-0.25, -0.2) is 0 Å². The highest BCUT2D eigenvalue weighted by Gasteiger charge is 2.51. The summed E-state index contributed by atoms with van der Waals surface area (Å²) < 4.78 is 2.01. The Bertz CT molecular complexity index is 536. The Balaban J connectivity index is 1.70. The second-order valence-corrected chi connectivity index (χ2v) is 6.72. The van der Waals surface area contributed by atoms with Crippen LogP contribution in [0.1, 0.15) is 49.9 Å². The van der Waals surface area contributed by atoms with E-state index in [2.05, 4.69) is 23.4 Å². The van der Waals surface area contributed by atoms with Crippen molar-refractivity contribution in [2.45, 2.75) is 70.5 Å². The normalized spacial score (nSPS) is 29.0. The molecule has 0 aliphatic heterocycles. The second-order valence-electron chi connectivity index (χ2n) is 6.72. The van der Waals surface area contributed by atoms with E-state index in [1.165, 1.54) is 0 Å². The maximum Gasteiger partial charge on any atom is 0.324 e. The summed E-state index contributed by atoms with van der Waals surface area (Å²) in [5.41, 5.74) is 1.48. The van der Waals surface area contributed by atoms with E-state index in [9.17, 15) is 9.90 Å². The Morgan fingerprint density at radius 1 is 1.48 bits per heavy atom. The second kappa shape index (κ2) is 5.44. The standard InChI is InChI=1S/C16H25N3O2/c1-11-10-12(2)19(18-11)9-7-13-4-3-8-16(13,15(20)21)17-14-5-6-14/h10,13-14,17H,3-9H2,1-2H3,(H,20,21). The van der Waals surface area contributed by atoms with Crippen LogP contribution in [0.25, 0.3) is 0 Å². The van der Waals surface area contributed by atoms with E-state index >= 15 is 0 Å². The molecule has 116 valence electrons. The molecule has 3 rings (SSSR count). The predicted octanol–water partition coefficient (Wildman–Crippen LogP) is 2.27. The summed E-state index contributed by atoms with van der Waals surface area (Å²) in [6.45, 7) is 4.86. The number of carboxylic acid groups (broad SMARTS) is 1. The van der Waals surface area contributed by atoms with Gasteiger partial charge in [0.05, 0.1) is 5.69 Å². The summed E-state index contributed by atoms with van der Waals surface area (Å²) in [5.74, 6) is -0.454. The molecule has 5 nitrogen and oxygen atoms in total. The van der Waals surface area contributed by atoms with Crippen LogP contribution in [-0.2, 0) is 11.3 Å². The number of carbonyl (C=O) groups is 1. The van der Waals surface area contributed by atoms with E-state index in [1.807, 2.05) is 11.6 Å². The van der Waals surface area contributed by atoms with Crippen molar-refractivity contribution >= 4 is 5.97 Å². The van der Waals surface area contributed by atoms with Crippen LogP contribution in [-0.4, -0.2) is 32.4 Å². The smallest absolute Gasteiger partial charge is 0.324 e. The van der Waals surface area contributed by atoms with Gasteiger partial charge >= 0.3 is 5.97 Å². The van der Waals surface area contributed by atoms with Crippen molar-refractivity contribution in [2.24, 2.45) is 5.92 Å². The van der Waals surface area contributed by atoms with Gasteiger partial charge in [0.25, 0.3) is 0 Å². The number of aliphatic carboxylic acids is 1. The Hall–Kier alpha value is -1.36. The number of nitrogens with one attached hydrogen (secondary N) is 1. The van der Waals surface area contributed by atoms with Crippen molar-refractivity contribution in [3.8, 4) is 0 Å². The summed E-state index contributed by atoms with van der Waals surface area (Å²) in [5, 5.41) is 17.7. The van der Waals surface area contributed by atoms with E-state index in [1.54, 1.807) is 0 Å². The third-order valence-electron chi connectivity index (χ3n) is 5.03. The lowest BCUT2D eigenvalue weighted by molar-refractivity contribution is -0.147. The van der Waals surface area contributed by atoms with Crippen molar-refractivity contribution in [3.05, 3.63) is 17.5 Å². The minimum Gasteiger partial charge on any atom is -0.480 e. The SMILES string of the molecule is Cc1cc(C)n(CCC2CCCC2(NC2CC2)C(=O)O)n1. The van der Waals surface area contributed by atoms with Gasteiger partial charge in [-0.3, -0.25) is 14.8 Å². The number of carboxylic acids is 1. The molecule has 2 aliphatic rings. The zero-order chi connectivity index (χ0) is 15.0. The molecular formula is C16H25N3O2. The lowest BCUT2D eigenvalue weighted by Gasteiger charge is -2.33. The molecule has 0 amide bonds. The van der Waals surface area contributed by atoms with E-state index in [4.69, 9.17) is 0 Å². The topological polar surface area (TPSA) is 67.2 Å². The van der Waals surface area contributed by atoms with Crippen LogP contribution in [0.4, 0.5) is 0 Å². The van der Waals surface area contributed by atoms with Crippen LogP contribution >= 0.6 is 0 Å². The van der Waals surface area contributed by atoms with Gasteiger partial charge in [-0.15, -0.1) is 0 Å². The quantitative estimate of drug-likeness (QED) is 0.843. The molecule has 5 heteroatoms. The molecule has 0 spiro atoms. The summed E-state index contributed by atoms with van der Waals surface area (Å²) in [6.07, 6.45) is 5.91. The number of nitrogens with zero attached hydrogens (tertiary/aromatic N) is 2. The van der Waals surface area contributed by atoms with Crippen molar-refractivity contribution in [1.82, 2.24) is 15.1 Å². The molecule has 0 saturated heterocycles. The van der Waals surface area contributed by atoms with Crippen molar-refractivity contribution in [1.29, 1.82) is 0 Å². The molecule has 0 radical (unpaired) electrons. The molecule has 2 fully saturated rings. The summed E-state index contributed by atoms with van der Waals surface area (Å²) in [6, 6.07) is 2.50. The third-order valence-corrected chi connectivity index (χ3v) is 5.03. The van der Waals surface area contributed by atoms with Crippen LogP contribution in [0.15, 0.2) is 6.07 Å². The predicted molar refractivity (Wildman–Crippen MR) is 80.2 cm³/mol. The van der Waals surface area contributed by atoms with Gasteiger partial charge in [-0.2, -0.15) is 5.10 Å². The van der Waals surface area contributed by atoms with Crippen LogP contribution in [0, 0.1) is 19.8 Å². The van der Waals surface area contributed by atoms with E-state index in [0.717, 1.165) is 56.5 Å². The molecule has 1 heterocycles. The van der Waals surface area contributed by atoms with Gasteiger partial charge in [0.1, 0.15) is 5.54 Å². The Kier molecular flexibility index (Phi) is 3.78. The van der Waals surface area contributed by atoms with E-state index in [0.29, 0.717) is 6.04 Å². The van der Waals surface area contributed by atoms with Crippen molar-refractivity contribution in [2.75, 3.05) is 0 Å². The molecule has 2 atom stereocenters. The molecule has 0 aromatic carbocycles. The first-order chi connectivity index (χ1) is 10.0. The maximum atomic E-state index is 11.9. The highest BCUT2D eigenvalue weighted by Crippen LogP contribution is 2.41. The van der Waals surface area contributed by atoms with E-state index in [-0.39, 0.29) is 5.92 Å². The zero-order valence-electron chi connectivity index (χ0n) is 12.9. The molecule has 21 heavy (non-hydrogen) atoms. The maximum absolute atomic E-state index is 11.9. The number of hydrogen-bond acceptors (Lipinski definition) is 3. The molecule has 0 bridgehead atoms. The van der Waals surface area contributed by atoms with Crippen LogP contribution < -0.4 is 5.32 Å². The fourth-order valence-corrected chi connectivity index (χ4v) is 3.77. The zero-order valence-corrected chi connectivity index (χ0v) is 12.9. The first-order valence-corrected chi connectivity index (χ1v) is 8.03. The number of aryl methyl sites for hydroxylation is 3. The molecule has 1 aromatic heterocycles. The van der Waals surface area contributed by atoms with Crippen LogP contribution in [0.3, 0.4) is 0 Å². The van der Waals surface area contributed by atoms with Crippen molar-refractivity contribution < 1.29 is 9.90 Å². The molecular weight excluding hydrogens is 266 g/mol. The summed E-state index contributed by atoms with van der Waals surface area (Å²) in [4.78, 5) is 11.9. The first-order valence-electron chi connectivity index (χ1n) is 8.03. The monoisotopic (exact) mass is 291 g/mol. The Morgan fingerprint density at radius 3 is 2.81 bits per heavy atom. The highest BCUT2D eigenvalue weighted by molar-refractivity contribution is 5.80. The number of aromatic nitrogens is 2. The number of hydrogen-bond donors (Lipinski definition) is 2. The van der Waals surface area contributed by atoms with E-state index < -0.39 is 11.5 Å². The number of rotatable bonds is 6. The molecule has 2 unspecified atom stereocenters. The van der Waals surface area contributed by atoms with Crippen molar-refractivity contribution in [3.63, 3.8) is 0 Å².